The summed E-state index contributed by atoms with van der Waals surface area (Å²) < 4.78 is 11.5. The van der Waals surface area contributed by atoms with Gasteiger partial charge in [-0.3, -0.25) is 9.59 Å². The molecule has 176 valence electrons. The van der Waals surface area contributed by atoms with Crippen molar-refractivity contribution in [3.05, 3.63) is 35.1 Å². The minimum absolute atomic E-state index is 0.176. The van der Waals surface area contributed by atoms with E-state index in [0.29, 0.717) is 37.8 Å². The summed E-state index contributed by atoms with van der Waals surface area (Å²) in [5.74, 6) is -0.279. The molecule has 0 spiro atoms. The van der Waals surface area contributed by atoms with Gasteiger partial charge in [-0.25, -0.2) is 0 Å². The molecule has 0 radical (unpaired) electrons. The van der Waals surface area contributed by atoms with Gasteiger partial charge in [-0.1, -0.05) is 26.3 Å². The van der Waals surface area contributed by atoms with Gasteiger partial charge in [0.2, 0.25) is 0 Å². The molecule has 0 saturated carbocycles. The topological polar surface area (TPSA) is 79.3 Å². The van der Waals surface area contributed by atoms with E-state index in [9.17, 15) is 14.7 Å². The number of piperidine rings is 1. The minimum atomic E-state index is -0.642. The minimum Gasteiger partial charge on any atom is -0.503 e. The molecule has 7 nitrogen and oxygen atoms in total. The summed E-state index contributed by atoms with van der Waals surface area (Å²) in [6, 6.07) is 4.85. The number of Topliss-reactive ketones (excluding diaryl/α,β-unsaturated/α-hetero) is 1. The predicted octanol–water partition coefficient (Wildman–Crippen LogP) is 3.89. The third kappa shape index (κ3) is 5.09. The van der Waals surface area contributed by atoms with Gasteiger partial charge in [0, 0.05) is 19.0 Å². The molecule has 1 aromatic carbocycles. The largest absolute Gasteiger partial charge is 0.503 e. The fourth-order valence-corrected chi connectivity index (χ4v) is 4.46. The standard InChI is InChI=1S/C25H36N2O5/c1-5-31-19-11-10-18(16-20(19)32-6-2)22-21(23(28)17(3)4)24(29)25(30)27(22)15-14-26-12-8-7-9-13-26/h10-11,16-17,22,29H,5-9,12-15H2,1-4H3. The number of carbonyl (C=O) groups is 2. The van der Waals surface area contributed by atoms with E-state index in [1.54, 1.807) is 18.7 Å². The van der Waals surface area contributed by atoms with E-state index in [2.05, 4.69) is 4.90 Å². The summed E-state index contributed by atoms with van der Waals surface area (Å²) in [6.07, 6.45) is 3.56. The summed E-state index contributed by atoms with van der Waals surface area (Å²) >= 11 is 0. The number of hydrogen-bond acceptors (Lipinski definition) is 6. The van der Waals surface area contributed by atoms with Gasteiger partial charge >= 0.3 is 0 Å². The van der Waals surface area contributed by atoms with E-state index >= 15 is 0 Å². The maximum atomic E-state index is 13.1. The monoisotopic (exact) mass is 444 g/mol. The van der Waals surface area contributed by atoms with Gasteiger partial charge in [0.15, 0.2) is 23.0 Å². The normalized spacial score (nSPS) is 19.7. The van der Waals surface area contributed by atoms with Crippen molar-refractivity contribution in [3.8, 4) is 11.5 Å². The molecular weight excluding hydrogens is 408 g/mol. The number of aliphatic hydroxyl groups is 1. The quantitative estimate of drug-likeness (QED) is 0.590. The molecule has 0 bridgehead atoms. The van der Waals surface area contributed by atoms with E-state index in [0.717, 1.165) is 31.5 Å². The third-order valence-corrected chi connectivity index (χ3v) is 6.08. The highest BCUT2D eigenvalue weighted by Crippen LogP contribution is 2.41. The number of rotatable bonds is 10. The Kier molecular flexibility index (Phi) is 8.18. The van der Waals surface area contributed by atoms with E-state index in [-0.39, 0.29) is 17.3 Å². The predicted molar refractivity (Wildman–Crippen MR) is 123 cm³/mol. The van der Waals surface area contributed by atoms with Crippen LogP contribution in [0.4, 0.5) is 0 Å². The Balaban J connectivity index is 1.97. The number of amides is 1. The summed E-state index contributed by atoms with van der Waals surface area (Å²) in [6.45, 7) is 11.5. The van der Waals surface area contributed by atoms with E-state index in [4.69, 9.17) is 9.47 Å². The van der Waals surface area contributed by atoms with Crippen molar-refractivity contribution in [2.75, 3.05) is 39.4 Å². The zero-order valence-electron chi connectivity index (χ0n) is 19.7. The van der Waals surface area contributed by atoms with Crippen molar-refractivity contribution >= 4 is 11.7 Å². The van der Waals surface area contributed by atoms with Crippen LogP contribution in [0.1, 0.15) is 58.6 Å². The SMILES string of the molecule is CCOc1ccc(C2C(C(=O)C(C)C)=C(O)C(=O)N2CCN2CCCCC2)cc1OCC. The number of hydrogen-bond donors (Lipinski definition) is 1. The number of nitrogens with zero attached hydrogens (tertiary/aromatic N) is 2. The van der Waals surface area contributed by atoms with Crippen LogP contribution in [-0.4, -0.2) is 66.0 Å². The van der Waals surface area contributed by atoms with E-state index in [1.807, 2.05) is 32.0 Å². The molecule has 1 saturated heterocycles. The highest BCUT2D eigenvalue weighted by atomic mass is 16.5. The second-order valence-corrected chi connectivity index (χ2v) is 8.66. The first kappa shape index (κ1) is 24.1. The van der Waals surface area contributed by atoms with Crippen LogP contribution in [0.3, 0.4) is 0 Å². The molecule has 0 aromatic heterocycles. The highest BCUT2D eigenvalue weighted by Gasteiger charge is 2.44. The van der Waals surface area contributed by atoms with Gasteiger partial charge < -0.3 is 24.4 Å². The molecule has 1 unspecified atom stereocenters. The van der Waals surface area contributed by atoms with Crippen molar-refractivity contribution in [2.24, 2.45) is 5.92 Å². The molecule has 1 N–H and O–H groups in total. The van der Waals surface area contributed by atoms with Crippen LogP contribution in [-0.2, 0) is 9.59 Å². The average molecular weight is 445 g/mol. The molecular formula is C25H36N2O5. The number of likely N-dealkylation sites (tertiary alicyclic amines) is 1. The zero-order chi connectivity index (χ0) is 23.3. The average Bonchev–Trinajstić information content (AvgIpc) is 3.04. The van der Waals surface area contributed by atoms with Crippen LogP contribution >= 0.6 is 0 Å². The van der Waals surface area contributed by atoms with Crippen LogP contribution in [0.5, 0.6) is 11.5 Å². The van der Waals surface area contributed by atoms with Crippen molar-refractivity contribution < 1.29 is 24.2 Å². The third-order valence-electron chi connectivity index (χ3n) is 6.08. The van der Waals surface area contributed by atoms with E-state index < -0.39 is 17.7 Å². The number of ether oxygens (including phenoxy) is 2. The first-order valence-electron chi connectivity index (χ1n) is 11.8. The van der Waals surface area contributed by atoms with Gasteiger partial charge in [-0.2, -0.15) is 0 Å². The van der Waals surface area contributed by atoms with Crippen LogP contribution in [0.2, 0.25) is 0 Å². The molecule has 1 atom stereocenters. The lowest BCUT2D eigenvalue weighted by Gasteiger charge is -2.32. The van der Waals surface area contributed by atoms with Crippen LogP contribution in [0.25, 0.3) is 0 Å². The summed E-state index contributed by atoms with van der Waals surface area (Å²) in [4.78, 5) is 30.1. The van der Waals surface area contributed by atoms with Crippen molar-refractivity contribution in [1.29, 1.82) is 0 Å². The van der Waals surface area contributed by atoms with Crippen LogP contribution in [0.15, 0.2) is 29.5 Å². The zero-order valence-corrected chi connectivity index (χ0v) is 19.7. The van der Waals surface area contributed by atoms with Gasteiger partial charge in [0.1, 0.15) is 0 Å². The molecule has 2 heterocycles. The van der Waals surface area contributed by atoms with Crippen LogP contribution < -0.4 is 9.47 Å². The smallest absolute Gasteiger partial charge is 0.290 e. The highest BCUT2D eigenvalue weighted by molar-refractivity contribution is 6.09. The van der Waals surface area contributed by atoms with Crippen molar-refractivity contribution in [3.63, 3.8) is 0 Å². The van der Waals surface area contributed by atoms with Gasteiger partial charge in [-0.15, -0.1) is 0 Å². The number of ketones is 1. The van der Waals surface area contributed by atoms with Gasteiger partial charge in [0.25, 0.3) is 5.91 Å². The number of carbonyl (C=O) groups excluding carboxylic acids is 2. The number of aliphatic hydroxyl groups excluding tert-OH is 1. The van der Waals surface area contributed by atoms with Crippen molar-refractivity contribution in [1.82, 2.24) is 9.80 Å². The van der Waals surface area contributed by atoms with Crippen molar-refractivity contribution in [2.45, 2.75) is 53.0 Å². The molecule has 1 amide bonds. The number of benzene rings is 1. The Morgan fingerprint density at radius 2 is 1.72 bits per heavy atom. The summed E-state index contributed by atoms with van der Waals surface area (Å²) in [5.41, 5.74) is 0.909. The molecule has 1 aromatic rings. The molecule has 2 aliphatic heterocycles. The molecule has 3 rings (SSSR count). The van der Waals surface area contributed by atoms with E-state index in [1.165, 1.54) is 6.42 Å². The molecule has 32 heavy (non-hydrogen) atoms. The second kappa shape index (κ2) is 10.9. The lowest BCUT2D eigenvalue weighted by atomic mass is 9.91. The maximum Gasteiger partial charge on any atom is 0.290 e. The van der Waals surface area contributed by atoms with Gasteiger partial charge in [0.05, 0.1) is 24.8 Å². The Morgan fingerprint density at radius 3 is 2.34 bits per heavy atom. The summed E-state index contributed by atoms with van der Waals surface area (Å²) in [5, 5.41) is 10.7. The first-order valence-corrected chi connectivity index (χ1v) is 11.8. The van der Waals surface area contributed by atoms with Gasteiger partial charge in [-0.05, 0) is 57.5 Å². The lowest BCUT2D eigenvalue weighted by Crippen LogP contribution is -2.40. The molecule has 1 fully saturated rings. The Bertz CT molecular complexity index is 858. The maximum absolute atomic E-state index is 13.1. The molecule has 2 aliphatic rings. The second-order valence-electron chi connectivity index (χ2n) is 8.66. The Labute approximate surface area is 191 Å². The summed E-state index contributed by atoms with van der Waals surface area (Å²) in [7, 11) is 0. The van der Waals surface area contributed by atoms with Crippen LogP contribution in [0, 0.1) is 5.92 Å². The fraction of sp³-hybridized carbons (Fsp3) is 0.600. The molecule has 7 heteroatoms. The lowest BCUT2D eigenvalue weighted by molar-refractivity contribution is -0.129. The Morgan fingerprint density at radius 1 is 1.06 bits per heavy atom. The molecule has 0 aliphatic carbocycles. The first-order chi connectivity index (χ1) is 15.4. The fourth-order valence-electron chi connectivity index (χ4n) is 4.46. The Hall–Kier alpha value is -2.54.